The van der Waals surface area contributed by atoms with Crippen LogP contribution in [0.25, 0.3) is 0 Å². The molecule has 0 unspecified atom stereocenters. The van der Waals surface area contributed by atoms with E-state index in [4.69, 9.17) is 0 Å². The van der Waals surface area contributed by atoms with Crippen molar-refractivity contribution in [2.75, 3.05) is 0 Å². The van der Waals surface area contributed by atoms with Gasteiger partial charge in [-0.25, -0.2) is 0 Å². The van der Waals surface area contributed by atoms with E-state index >= 15 is 0 Å². The van der Waals surface area contributed by atoms with E-state index in [2.05, 4.69) is 27.8 Å². The molecule has 0 bridgehead atoms. The van der Waals surface area contributed by atoms with Gasteiger partial charge in [-0.15, -0.1) is 0 Å². The van der Waals surface area contributed by atoms with Crippen molar-refractivity contribution >= 4 is 15.9 Å². The fraction of sp³-hybridized carbons (Fsp3) is 0.286. The summed E-state index contributed by atoms with van der Waals surface area (Å²) in [6, 6.07) is 2.05. The molecule has 0 spiro atoms. The van der Waals surface area contributed by atoms with E-state index in [1.54, 1.807) is 0 Å². The van der Waals surface area contributed by atoms with Crippen molar-refractivity contribution in [2.24, 2.45) is 0 Å². The Labute approximate surface area is 63.2 Å². The maximum atomic E-state index is 4.09. The number of pyridine rings is 1. The molecule has 1 nitrogen and oxygen atoms in total. The van der Waals surface area contributed by atoms with Gasteiger partial charge in [-0.3, -0.25) is 4.98 Å². The van der Waals surface area contributed by atoms with Crippen molar-refractivity contribution in [2.45, 2.75) is 13.8 Å². The Bertz CT molecular complexity index is 220. The minimum absolute atomic E-state index is 1.07. The Kier molecular flexibility index (Phi) is 1.86. The maximum absolute atomic E-state index is 4.09. The highest BCUT2D eigenvalue weighted by Crippen LogP contribution is 2.13. The summed E-state index contributed by atoms with van der Waals surface area (Å²) in [5.41, 5.74) is 2.30. The van der Waals surface area contributed by atoms with E-state index in [-0.39, 0.29) is 0 Å². The van der Waals surface area contributed by atoms with Crippen LogP contribution in [0.4, 0.5) is 0 Å². The molecule has 48 valence electrons. The molecular formula is C7H8BrN. The third kappa shape index (κ3) is 1.52. The van der Waals surface area contributed by atoms with E-state index < -0.39 is 0 Å². The Morgan fingerprint density at radius 1 is 1.44 bits per heavy atom. The van der Waals surface area contributed by atoms with Crippen LogP contribution >= 0.6 is 15.9 Å². The molecule has 0 aliphatic carbocycles. The lowest BCUT2D eigenvalue weighted by molar-refractivity contribution is 1.16. The molecule has 9 heavy (non-hydrogen) atoms. The number of halogens is 1. The second-order valence-electron chi connectivity index (χ2n) is 2.07. The summed E-state index contributed by atoms with van der Waals surface area (Å²) in [4.78, 5) is 4.09. The van der Waals surface area contributed by atoms with Gasteiger partial charge in [-0.1, -0.05) is 0 Å². The highest BCUT2D eigenvalue weighted by atomic mass is 79.9. The molecular weight excluding hydrogens is 178 g/mol. The van der Waals surface area contributed by atoms with Crippen LogP contribution in [0.1, 0.15) is 11.3 Å². The summed E-state index contributed by atoms with van der Waals surface area (Å²) in [5, 5.41) is 0. The van der Waals surface area contributed by atoms with E-state index in [0.29, 0.717) is 0 Å². The predicted octanol–water partition coefficient (Wildman–Crippen LogP) is 2.46. The lowest BCUT2D eigenvalue weighted by Gasteiger charge is -1.95. The number of aromatic nitrogens is 1. The quantitative estimate of drug-likeness (QED) is 0.606. The van der Waals surface area contributed by atoms with Gasteiger partial charge in [0.25, 0.3) is 0 Å². The molecule has 2 heteroatoms. The summed E-state index contributed by atoms with van der Waals surface area (Å²) < 4.78 is 1.08. The minimum Gasteiger partial charge on any atom is -0.260 e. The average molecular weight is 186 g/mol. The van der Waals surface area contributed by atoms with Crippen molar-refractivity contribution in [1.29, 1.82) is 0 Å². The normalized spacial score (nSPS) is 9.67. The van der Waals surface area contributed by atoms with Crippen LogP contribution in [0.15, 0.2) is 16.7 Å². The van der Waals surface area contributed by atoms with Crippen LogP contribution < -0.4 is 0 Å². The van der Waals surface area contributed by atoms with Crippen LogP contribution in [-0.4, -0.2) is 4.98 Å². The number of hydrogen-bond acceptors (Lipinski definition) is 1. The van der Waals surface area contributed by atoms with Gasteiger partial charge in [0.2, 0.25) is 0 Å². The monoisotopic (exact) mass is 185 g/mol. The van der Waals surface area contributed by atoms with Crippen LogP contribution in [-0.2, 0) is 0 Å². The molecule has 1 aromatic rings. The van der Waals surface area contributed by atoms with Crippen molar-refractivity contribution in [1.82, 2.24) is 4.98 Å². The van der Waals surface area contributed by atoms with Gasteiger partial charge in [0.1, 0.15) is 0 Å². The average Bonchev–Trinajstić information content (AvgIpc) is 1.80. The summed E-state index contributed by atoms with van der Waals surface area (Å²) >= 11 is 3.37. The molecule has 0 radical (unpaired) electrons. The van der Waals surface area contributed by atoms with Gasteiger partial charge >= 0.3 is 0 Å². The lowest BCUT2D eigenvalue weighted by Crippen LogP contribution is -1.82. The van der Waals surface area contributed by atoms with E-state index in [1.165, 1.54) is 5.56 Å². The fourth-order valence-electron chi connectivity index (χ4n) is 0.680. The molecule has 0 saturated heterocycles. The molecule has 0 saturated carbocycles. The zero-order valence-corrected chi connectivity index (χ0v) is 7.07. The van der Waals surface area contributed by atoms with Crippen LogP contribution in [0.2, 0.25) is 0 Å². The summed E-state index contributed by atoms with van der Waals surface area (Å²) in [6.07, 6.45) is 1.82. The zero-order chi connectivity index (χ0) is 6.85. The highest BCUT2D eigenvalue weighted by molar-refractivity contribution is 9.10. The molecule has 0 atom stereocenters. The molecule has 0 fully saturated rings. The number of rotatable bonds is 0. The third-order valence-electron chi connectivity index (χ3n) is 1.18. The van der Waals surface area contributed by atoms with Crippen molar-refractivity contribution in [3.63, 3.8) is 0 Å². The predicted molar refractivity (Wildman–Crippen MR) is 41.4 cm³/mol. The smallest absolute Gasteiger partial charge is 0.0416 e. The largest absolute Gasteiger partial charge is 0.260 e. The molecule has 0 aliphatic rings. The molecule has 0 amide bonds. The summed E-state index contributed by atoms with van der Waals surface area (Å²) in [5.74, 6) is 0. The first-order valence-corrected chi connectivity index (χ1v) is 3.58. The molecule has 1 aromatic heterocycles. The number of hydrogen-bond donors (Lipinski definition) is 0. The van der Waals surface area contributed by atoms with Crippen LogP contribution in [0.5, 0.6) is 0 Å². The SMILES string of the molecule is Cc1cc(C)c(Br)cn1. The third-order valence-corrected chi connectivity index (χ3v) is 2.01. The molecule has 1 rings (SSSR count). The first-order valence-electron chi connectivity index (χ1n) is 2.79. The number of nitrogens with zero attached hydrogens (tertiary/aromatic N) is 1. The lowest BCUT2D eigenvalue weighted by atomic mass is 10.3. The fourth-order valence-corrected chi connectivity index (χ4v) is 0.897. The van der Waals surface area contributed by atoms with Gasteiger partial charge in [-0.2, -0.15) is 0 Å². The Hall–Kier alpha value is -0.370. The van der Waals surface area contributed by atoms with Gasteiger partial charge in [0.15, 0.2) is 0 Å². The highest BCUT2D eigenvalue weighted by Gasteiger charge is 1.92. The van der Waals surface area contributed by atoms with Gasteiger partial charge in [-0.05, 0) is 41.4 Å². The topological polar surface area (TPSA) is 12.9 Å². The van der Waals surface area contributed by atoms with Crippen LogP contribution in [0, 0.1) is 13.8 Å². The zero-order valence-electron chi connectivity index (χ0n) is 5.48. The van der Waals surface area contributed by atoms with E-state index in [9.17, 15) is 0 Å². The van der Waals surface area contributed by atoms with Crippen molar-refractivity contribution in [3.8, 4) is 0 Å². The molecule has 0 N–H and O–H groups in total. The molecule has 0 aliphatic heterocycles. The van der Waals surface area contributed by atoms with Crippen molar-refractivity contribution < 1.29 is 0 Å². The Balaban J connectivity index is 3.17. The second kappa shape index (κ2) is 2.48. The van der Waals surface area contributed by atoms with Gasteiger partial charge in [0.05, 0.1) is 0 Å². The number of aryl methyl sites for hydroxylation is 2. The second-order valence-corrected chi connectivity index (χ2v) is 2.93. The Morgan fingerprint density at radius 3 is 2.56 bits per heavy atom. The summed E-state index contributed by atoms with van der Waals surface area (Å²) in [7, 11) is 0. The summed E-state index contributed by atoms with van der Waals surface area (Å²) in [6.45, 7) is 4.04. The standard InChI is InChI=1S/C7H8BrN/c1-5-3-6(2)9-4-7(5)8/h3-4H,1-2H3. The first-order chi connectivity index (χ1) is 4.20. The Morgan fingerprint density at radius 2 is 2.11 bits per heavy atom. The van der Waals surface area contributed by atoms with Gasteiger partial charge < -0.3 is 0 Å². The van der Waals surface area contributed by atoms with E-state index in [0.717, 1.165) is 10.2 Å². The molecule has 0 aromatic carbocycles. The molecule has 1 heterocycles. The first kappa shape index (κ1) is 6.75. The van der Waals surface area contributed by atoms with Gasteiger partial charge in [0, 0.05) is 16.4 Å². The van der Waals surface area contributed by atoms with Crippen molar-refractivity contribution in [3.05, 3.63) is 28.0 Å². The van der Waals surface area contributed by atoms with E-state index in [1.807, 2.05) is 19.2 Å². The van der Waals surface area contributed by atoms with Crippen LogP contribution in [0.3, 0.4) is 0 Å². The minimum atomic E-state index is 1.07. The maximum Gasteiger partial charge on any atom is 0.0416 e.